The van der Waals surface area contributed by atoms with Crippen LogP contribution in [0, 0.1) is 0 Å². The van der Waals surface area contributed by atoms with Crippen molar-refractivity contribution in [3.05, 3.63) is 42.0 Å². The first kappa shape index (κ1) is 12.4. The van der Waals surface area contributed by atoms with Gasteiger partial charge in [0.05, 0.1) is 6.61 Å². The molecular weight excluding hydrogens is 208 g/mol. The first-order chi connectivity index (χ1) is 7.68. The summed E-state index contributed by atoms with van der Waals surface area (Å²) in [6.07, 6.45) is 1.52. The number of carbonyl (C=O) groups excluding carboxylic acids is 1. The lowest BCUT2D eigenvalue weighted by Gasteiger charge is -2.02. The zero-order valence-corrected chi connectivity index (χ0v) is 8.74. The van der Waals surface area contributed by atoms with E-state index < -0.39 is 12.3 Å². The molecule has 0 radical (unpaired) electrons. The number of benzene rings is 1. The lowest BCUT2D eigenvalue weighted by Crippen LogP contribution is -2.11. The topological polar surface area (TPSA) is 66.8 Å². The van der Waals surface area contributed by atoms with Crippen molar-refractivity contribution in [3.8, 4) is 0 Å². The highest BCUT2D eigenvalue weighted by Gasteiger charge is 2.00. The fourth-order valence-electron chi connectivity index (χ4n) is 1.04. The first-order valence-corrected chi connectivity index (χ1v) is 4.94. The van der Waals surface area contributed by atoms with E-state index in [1.165, 1.54) is 6.08 Å². The summed E-state index contributed by atoms with van der Waals surface area (Å²) in [5.74, 6) is -0.496. The van der Waals surface area contributed by atoms with Crippen molar-refractivity contribution >= 4 is 12.0 Å². The zero-order valence-electron chi connectivity index (χ0n) is 8.74. The second-order valence-corrected chi connectivity index (χ2v) is 3.18. The highest BCUT2D eigenvalue weighted by atomic mass is 16.5. The van der Waals surface area contributed by atoms with Gasteiger partial charge in [-0.2, -0.15) is 0 Å². The predicted molar refractivity (Wildman–Crippen MR) is 59.3 cm³/mol. The Balaban J connectivity index is 2.32. The molecule has 0 heterocycles. The smallest absolute Gasteiger partial charge is 0.330 e. The van der Waals surface area contributed by atoms with Crippen LogP contribution in [0.5, 0.6) is 0 Å². The van der Waals surface area contributed by atoms with Gasteiger partial charge >= 0.3 is 5.97 Å². The molecule has 1 rings (SSSR count). The average Bonchev–Trinajstić information content (AvgIpc) is 2.27. The predicted octanol–water partition coefficient (Wildman–Crippen LogP) is 0.944. The molecule has 0 saturated heterocycles. The van der Waals surface area contributed by atoms with Crippen molar-refractivity contribution in [2.45, 2.75) is 12.7 Å². The summed E-state index contributed by atoms with van der Waals surface area (Å²) < 4.78 is 4.73. The maximum atomic E-state index is 11.1. The van der Waals surface area contributed by atoms with Crippen molar-refractivity contribution in [2.24, 2.45) is 0 Å². The maximum absolute atomic E-state index is 11.1. The van der Waals surface area contributed by atoms with Crippen LogP contribution in [0.1, 0.15) is 12.0 Å². The fourth-order valence-corrected chi connectivity index (χ4v) is 1.04. The monoisotopic (exact) mass is 222 g/mol. The van der Waals surface area contributed by atoms with Gasteiger partial charge in [0.2, 0.25) is 0 Å². The second-order valence-electron chi connectivity index (χ2n) is 3.18. The van der Waals surface area contributed by atoms with E-state index in [0.717, 1.165) is 5.56 Å². The number of hydrogen-bond acceptors (Lipinski definition) is 4. The summed E-state index contributed by atoms with van der Waals surface area (Å²) in [6.45, 7) is -0.00434. The Morgan fingerprint density at radius 1 is 1.31 bits per heavy atom. The number of ether oxygens (including phenoxy) is 1. The minimum Gasteiger partial charge on any atom is -0.462 e. The van der Waals surface area contributed by atoms with Gasteiger partial charge in [-0.15, -0.1) is 0 Å². The quantitative estimate of drug-likeness (QED) is 0.442. The number of rotatable bonds is 5. The summed E-state index contributed by atoms with van der Waals surface area (Å²) in [6, 6.07) is 9.35. The minimum absolute atomic E-state index is 0.00434. The number of aliphatic hydroxyl groups is 2. The van der Waals surface area contributed by atoms with Crippen LogP contribution < -0.4 is 0 Å². The molecule has 0 aliphatic heterocycles. The lowest BCUT2D eigenvalue weighted by molar-refractivity contribution is -0.140. The molecule has 86 valence electrons. The third kappa shape index (κ3) is 5.29. The number of esters is 1. The molecule has 0 aliphatic rings. The normalized spacial score (nSPS) is 10.9. The van der Waals surface area contributed by atoms with Gasteiger partial charge in [0.1, 0.15) is 0 Å². The Morgan fingerprint density at radius 2 is 2.00 bits per heavy atom. The third-order valence-electron chi connectivity index (χ3n) is 1.83. The van der Waals surface area contributed by atoms with Crippen LogP contribution in [0.2, 0.25) is 0 Å². The highest BCUT2D eigenvalue weighted by Crippen LogP contribution is 2.01. The number of aliphatic hydroxyl groups excluding tert-OH is 1. The third-order valence-corrected chi connectivity index (χ3v) is 1.83. The zero-order chi connectivity index (χ0) is 11.8. The van der Waals surface area contributed by atoms with Gasteiger partial charge in [-0.25, -0.2) is 4.79 Å². The van der Waals surface area contributed by atoms with Crippen LogP contribution in [-0.2, 0) is 9.53 Å². The van der Waals surface area contributed by atoms with Crippen molar-refractivity contribution < 1.29 is 19.7 Å². The van der Waals surface area contributed by atoms with Gasteiger partial charge in [-0.05, 0) is 11.6 Å². The summed E-state index contributed by atoms with van der Waals surface area (Å²) in [7, 11) is 0. The Kier molecular flexibility index (Phi) is 5.25. The molecule has 0 amide bonds. The van der Waals surface area contributed by atoms with Gasteiger partial charge in [0.25, 0.3) is 0 Å². The Hall–Kier alpha value is -1.65. The molecule has 0 bridgehead atoms. The number of carbonyl (C=O) groups is 1. The van der Waals surface area contributed by atoms with E-state index in [1.807, 2.05) is 30.3 Å². The molecule has 0 unspecified atom stereocenters. The van der Waals surface area contributed by atoms with Crippen molar-refractivity contribution in [1.29, 1.82) is 0 Å². The molecule has 2 N–H and O–H groups in total. The number of hydrogen-bond donors (Lipinski definition) is 2. The first-order valence-electron chi connectivity index (χ1n) is 4.94. The maximum Gasteiger partial charge on any atom is 0.330 e. The molecule has 0 fully saturated rings. The van der Waals surface area contributed by atoms with E-state index in [4.69, 9.17) is 14.9 Å². The van der Waals surface area contributed by atoms with Crippen molar-refractivity contribution in [1.82, 2.24) is 0 Å². The molecule has 1 aromatic carbocycles. The second kappa shape index (κ2) is 6.76. The van der Waals surface area contributed by atoms with E-state index in [2.05, 4.69) is 0 Å². The van der Waals surface area contributed by atoms with Crippen LogP contribution in [0.4, 0.5) is 0 Å². The largest absolute Gasteiger partial charge is 0.462 e. The molecule has 1 aromatic rings. The Labute approximate surface area is 93.8 Å². The molecule has 0 atom stereocenters. The van der Waals surface area contributed by atoms with E-state index in [9.17, 15) is 4.79 Å². The van der Waals surface area contributed by atoms with Crippen LogP contribution >= 0.6 is 0 Å². The molecule has 0 spiro atoms. The SMILES string of the molecule is O=C(C=Cc1ccccc1)OCCC(O)O. The standard InChI is InChI=1S/C12H14O4/c13-11(14)8-9-16-12(15)7-6-10-4-2-1-3-5-10/h1-7,11,13-14H,8-9H2. The van der Waals surface area contributed by atoms with Crippen LogP contribution in [-0.4, -0.2) is 29.1 Å². The average molecular weight is 222 g/mol. The Morgan fingerprint density at radius 3 is 2.62 bits per heavy atom. The lowest BCUT2D eigenvalue weighted by atomic mass is 10.2. The van der Waals surface area contributed by atoms with Crippen LogP contribution in [0.25, 0.3) is 6.08 Å². The van der Waals surface area contributed by atoms with Gasteiger partial charge < -0.3 is 14.9 Å². The molecule has 4 heteroatoms. The van der Waals surface area contributed by atoms with E-state index in [1.54, 1.807) is 6.08 Å². The van der Waals surface area contributed by atoms with Crippen LogP contribution in [0.3, 0.4) is 0 Å². The summed E-state index contributed by atoms with van der Waals surface area (Å²) in [5, 5.41) is 17.0. The Bertz CT molecular complexity index is 343. The molecule has 0 saturated carbocycles. The summed E-state index contributed by atoms with van der Waals surface area (Å²) >= 11 is 0. The van der Waals surface area contributed by atoms with E-state index in [0.29, 0.717) is 0 Å². The van der Waals surface area contributed by atoms with E-state index in [-0.39, 0.29) is 13.0 Å². The van der Waals surface area contributed by atoms with Crippen molar-refractivity contribution in [3.63, 3.8) is 0 Å². The van der Waals surface area contributed by atoms with Gasteiger partial charge in [-0.3, -0.25) is 0 Å². The molecule has 0 aliphatic carbocycles. The highest BCUT2D eigenvalue weighted by molar-refractivity contribution is 5.86. The molecular formula is C12H14O4. The van der Waals surface area contributed by atoms with Crippen molar-refractivity contribution in [2.75, 3.05) is 6.61 Å². The van der Waals surface area contributed by atoms with Crippen LogP contribution in [0.15, 0.2) is 36.4 Å². The fraction of sp³-hybridized carbons (Fsp3) is 0.250. The molecule has 16 heavy (non-hydrogen) atoms. The van der Waals surface area contributed by atoms with E-state index >= 15 is 0 Å². The van der Waals surface area contributed by atoms with Gasteiger partial charge in [0, 0.05) is 12.5 Å². The molecule has 0 aromatic heterocycles. The summed E-state index contributed by atoms with van der Waals surface area (Å²) in [4.78, 5) is 11.1. The van der Waals surface area contributed by atoms with Gasteiger partial charge in [-0.1, -0.05) is 30.3 Å². The minimum atomic E-state index is -1.44. The van der Waals surface area contributed by atoms with Gasteiger partial charge in [0.15, 0.2) is 6.29 Å². The summed E-state index contributed by atoms with van der Waals surface area (Å²) in [5.41, 5.74) is 0.904. The molecule has 4 nitrogen and oxygen atoms in total.